The molecule has 0 amide bonds. The van der Waals surface area contributed by atoms with Gasteiger partial charge in [0.15, 0.2) is 5.70 Å². The van der Waals surface area contributed by atoms with E-state index >= 15 is 0 Å². The molecule has 2 aliphatic heterocycles. The summed E-state index contributed by atoms with van der Waals surface area (Å²) in [6.45, 7) is 0.381. The van der Waals surface area contributed by atoms with E-state index in [2.05, 4.69) is 5.32 Å². The van der Waals surface area contributed by atoms with E-state index in [-0.39, 0.29) is 5.70 Å². The number of aliphatic carboxylic acids is 1. The molecule has 118 valence electrons. The van der Waals surface area contributed by atoms with Crippen LogP contribution in [0, 0.1) is 0 Å². The van der Waals surface area contributed by atoms with Crippen LogP contribution in [0.1, 0.15) is 12.0 Å². The Morgan fingerprint density at radius 3 is 2.91 bits per heavy atom. The first-order valence-electron chi connectivity index (χ1n) is 7.06. The number of carbonyl (C=O) groups is 1. The summed E-state index contributed by atoms with van der Waals surface area (Å²) in [6, 6.07) is 5.37. The van der Waals surface area contributed by atoms with Crippen molar-refractivity contribution in [1.82, 2.24) is 10.2 Å². The molecule has 4 nitrogen and oxygen atoms in total. The van der Waals surface area contributed by atoms with Crippen LogP contribution in [0.2, 0.25) is 10.0 Å². The van der Waals surface area contributed by atoms with Gasteiger partial charge >= 0.3 is 5.97 Å². The van der Waals surface area contributed by atoms with Gasteiger partial charge in [-0.3, -0.25) is 0 Å². The van der Waals surface area contributed by atoms with E-state index in [0.29, 0.717) is 22.3 Å². The zero-order chi connectivity index (χ0) is 16.4. The number of nitrogens with zero attached hydrogens (tertiary/aromatic N) is 1. The Kier molecular flexibility index (Phi) is 4.46. The van der Waals surface area contributed by atoms with Gasteiger partial charge in [-0.15, -0.1) is 0 Å². The maximum atomic E-state index is 11.7. The molecule has 0 unspecified atom stereocenters. The molecule has 0 aliphatic carbocycles. The molecular formula is C17H14Cl2N2O2. The van der Waals surface area contributed by atoms with Gasteiger partial charge in [0, 0.05) is 18.4 Å². The predicted octanol–water partition coefficient (Wildman–Crippen LogP) is 4.05. The number of halogens is 2. The van der Waals surface area contributed by atoms with E-state index < -0.39 is 5.97 Å². The number of rotatable bonds is 4. The maximum absolute atomic E-state index is 11.7. The second-order valence-corrected chi connectivity index (χ2v) is 5.87. The van der Waals surface area contributed by atoms with Crippen molar-refractivity contribution in [1.29, 1.82) is 0 Å². The number of carboxylic acid groups (broad SMARTS) is 1. The van der Waals surface area contributed by atoms with Crippen molar-refractivity contribution < 1.29 is 9.90 Å². The molecule has 1 aromatic rings. The van der Waals surface area contributed by atoms with Crippen molar-refractivity contribution in [3.63, 3.8) is 0 Å². The summed E-state index contributed by atoms with van der Waals surface area (Å²) >= 11 is 12.2. The number of allylic oxidation sites excluding steroid dienone is 4. The maximum Gasteiger partial charge on any atom is 0.355 e. The third kappa shape index (κ3) is 3.14. The van der Waals surface area contributed by atoms with Crippen molar-refractivity contribution in [2.75, 3.05) is 0 Å². The molecule has 0 saturated carbocycles. The molecular weight excluding hydrogens is 335 g/mol. The Balaban J connectivity index is 1.88. The fraction of sp³-hybridized carbons (Fsp3) is 0.118. The molecule has 0 bridgehead atoms. The quantitative estimate of drug-likeness (QED) is 0.861. The second kappa shape index (κ2) is 6.52. The van der Waals surface area contributed by atoms with E-state index in [9.17, 15) is 9.90 Å². The first kappa shape index (κ1) is 15.7. The Bertz CT molecular complexity index is 779. The van der Waals surface area contributed by atoms with Crippen molar-refractivity contribution in [3.05, 3.63) is 81.4 Å². The minimum atomic E-state index is -0.994. The van der Waals surface area contributed by atoms with Crippen LogP contribution in [-0.4, -0.2) is 16.0 Å². The Hall–Kier alpha value is -2.17. The van der Waals surface area contributed by atoms with Gasteiger partial charge in [0.25, 0.3) is 0 Å². The minimum Gasteiger partial charge on any atom is -0.476 e. The molecule has 0 fully saturated rings. The van der Waals surface area contributed by atoms with Gasteiger partial charge < -0.3 is 15.3 Å². The molecule has 2 aliphatic rings. The summed E-state index contributed by atoms with van der Waals surface area (Å²) in [5, 5.41) is 13.6. The molecule has 0 aromatic heterocycles. The molecule has 2 N–H and O–H groups in total. The van der Waals surface area contributed by atoms with Crippen molar-refractivity contribution >= 4 is 29.2 Å². The van der Waals surface area contributed by atoms with Crippen LogP contribution in [0.5, 0.6) is 0 Å². The number of fused-ring (bicyclic) bond motifs is 1. The third-order valence-corrected chi connectivity index (χ3v) is 4.47. The molecule has 1 aromatic carbocycles. The van der Waals surface area contributed by atoms with Crippen molar-refractivity contribution in [2.24, 2.45) is 0 Å². The number of hydrogen-bond donors (Lipinski definition) is 2. The smallest absolute Gasteiger partial charge is 0.355 e. The molecule has 0 spiro atoms. The molecule has 23 heavy (non-hydrogen) atoms. The highest BCUT2D eigenvalue weighted by Crippen LogP contribution is 2.28. The average molecular weight is 349 g/mol. The zero-order valence-electron chi connectivity index (χ0n) is 12.1. The summed E-state index contributed by atoms with van der Waals surface area (Å²) in [6.07, 6.45) is 10.1. The van der Waals surface area contributed by atoms with Gasteiger partial charge in [0.1, 0.15) is 0 Å². The summed E-state index contributed by atoms with van der Waals surface area (Å²) in [4.78, 5) is 13.3. The van der Waals surface area contributed by atoms with E-state index in [0.717, 1.165) is 17.7 Å². The minimum absolute atomic E-state index is 0.188. The predicted molar refractivity (Wildman–Crippen MR) is 90.8 cm³/mol. The lowest BCUT2D eigenvalue weighted by Gasteiger charge is -2.29. The van der Waals surface area contributed by atoms with E-state index in [4.69, 9.17) is 23.2 Å². The molecule has 2 heterocycles. The summed E-state index contributed by atoms with van der Waals surface area (Å²) in [5.41, 5.74) is 2.38. The van der Waals surface area contributed by atoms with Crippen molar-refractivity contribution in [3.8, 4) is 0 Å². The molecule has 6 heteroatoms. The van der Waals surface area contributed by atoms with Crippen LogP contribution in [-0.2, 0) is 11.3 Å². The van der Waals surface area contributed by atoms with Crippen LogP contribution in [0.3, 0.4) is 0 Å². The van der Waals surface area contributed by atoms with Gasteiger partial charge in [0.2, 0.25) is 0 Å². The average Bonchev–Trinajstić information content (AvgIpc) is 2.55. The number of hydrogen-bond acceptors (Lipinski definition) is 3. The summed E-state index contributed by atoms with van der Waals surface area (Å²) in [5.74, 6) is -0.994. The number of nitrogens with one attached hydrogen (secondary N) is 1. The van der Waals surface area contributed by atoms with E-state index in [1.165, 1.54) is 0 Å². The van der Waals surface area contributed by atoms with Crippen molar-refractivity contribution in [2.45, 2.75) is 13.0 Å². The van der Waals surface area contributed by atoms with Gasteiger partial charge in [0.05, 0.1) is 15.7 Å². The lowest BCUT2D eigenvalue weighted by Crippen LogP contribution is -2.30. The monoisotopic (exact) mass is 348 g/mol. The van der Waals surface area contributed by atoms with Gasteiger partial charge in [-0.05, 0) is 30.2 Å². The molecule has 3 rings (SSSR count). The van der Waals surface area contributed by atoms with Crippen LogP contribution in [0.15, 0.2) is 65.8 Å². The summed E-state index contributed by atoms with van der Waals surface area (Å²) in [7, 11) is 0. The highest BCUT2D eigenvalue weighted by Gasteiger charge is 2.25. The Labute approximate surface area is 144 Å². The second-order valence-electron chi connectivity index (χ2n) is 5.09. The number of benzene rings is 1. The Morgan fingerprint density at radius 2 is 2.13 bits per heavy atom. The standard InChI is InChI=1S/C17H14Cl2N2O2/c18-13-6-3-4-11(15(13)19)10-20-14-8-7-12-5-1-2-9-21(12)16(14)17(22)23/h2-9,20H,1,10H2,(H,22,23). The van der Waals surface area contributed by atoms with Gasteiger partial charge in [-0.2, -0.15) is 0 Å². The van der Waals surface area contributed by atoms with Gasteiger partial charge in [-0.25, -0.2) is 4.79 Å². The molecule has 0 atom stereocenters. The fourth-order valence-electron chi connectivity index (χ4n) is 2.51. The van der Waals surface area contributed by atoms with Gasteiger partial charge in [-0.1, -0.05) is 47.5 Å². The van der Waals surface area contributed by atoms with Crippen LogP contribution in [0.25, 0.3) is 0 Å². The Morgan fingerprint density at radius 1 is 1.30 bits per heavy atom. The lowest BCUT2D eigenvalue weighted by molar-refractivity contribution is -0.134. The summed E-state index contributed by atoms with van der Waals surface area (Å²) < 4.78 is 0. The lowest BCUT2D eigenvalue weighted by atomic mass is 10.1. The topological polar surface area (TPSA) is 52.6 Å². The third-order valence-electron chi connectivity index (χ3n) is 3.62. The van der Waals surface area contributed by atoms with E-state index in [1.54, 1.807) is 23.2 Å². The van der Waals surface area contributed by atoms with Crippen LogP contribution in [0.4, 0.5) is 0 Å². The normalized spacial score (nSPS) is 16.3. The van der Waals surface area contributed by atoms with Crippen LogP contribution < -0.4 is 5.32 Å². The first-order valence-corrected chi connectivity index (χ1v) is 7.82. The first-order chi connectivity index (χ1) is 11.1. The fourth-order valence-corrected chi connectivity index (χ4v) is 2.89. The highest BCUT2D eigenvalue weighted by molar-refractivity contribution is 6.42. The number of carboxylic acids is 1. The largest absolute Gasteiger partial charge is 0.476 e. The zero-order valence-corrected chi connectivity index (χ0v) is 13.6. The van der Waals surface area contributed by atoms with E-state index in [1.807, 2.05) is 30.4 Å². The SMILES string of the molecule is O=C(O)C1=C(NCc2cccc(Cl)c2Cl)C=CC2=CCC=CN21. The molecule has 0 saturated heterocycles. The highest BCUT2D eigenvalue weighted by atomic mass is 35.5. The van der Waals surface area contributed by atoms with Crippen LogP contribution >= 0.6 is 23.2 Å². The molecule has 0 radical (unpaired) electrons.